The van der Waals surface area contributed by atoms with Gasteiger partial charge < -0.3 is 33.1 Å². The minimum Gasteiger partial charge on any atom is -0.444 e. The number of ether oxygens (including phenoxy) is 2. The number of piperazine rings is 2. The Labute approximate surface area is 284 Å². The summed E-state index contributed by atoms with van der Waals surface area (Å²) in [6.07, 6.45) is 10.1. The van der Waals surface area contributed by atoms with Crippen LogP contribution in [0.4, 0.5) is 9.59 Å². The fraction of sp³-hybridized carbons (Fsp3) is 0.781. The molecule has 4 fully saturated rings. The Bertz CT molecular complexity index is 1290. The smallest absolute Gasteiger partial charge is 0.444 e. The van der Waals surface area contributed by atoms with Crippen molar-refractivity contribution in [1.29, 1.82) is 5.53 Å². The number of carbonyl (C=O) groups is 4. The van der Waals surface area contributed by atoms with Crippen LogP contribution in [0.1, 0.15) is 74.1 Å². The Morgan fingerprint density at radius 1 is 0.833 bits per heavy atom. The predicted octanol–water partition coefficient (Wildman–Crippen LogP) is 3.67. The number of terminal acetylenes is 1. The molecule has 0 radical (unpaired) electrons. The quantitative estimate of drug-likeness (QED) is 0.111. The fourth-order valence-corrected chi connectivity index (χ4v) is 7.04. The highest BCUT2D eigenvalue weighted by Gasteiger charge is 2.44. The molecule has 0 unspecified atom stereocenters. The van der Waals surface area contributed by atoms with Gasteiger partial charge in [-0.25, -0.2) is 14.2 Å². The normalized spacial score (nSPS) is 24.2. The first kappa shape index (κ1) is 41.1. The first-order valence-electron chi connectivity index (χ1n) is 16.2. The topological polar surface area (TPSA) is 173 Å². The number of nitrogens with zero attached hydrogens (tertiary/aromatic N) is 5. The second kappa shape index (κ2) is 17.5. The molecule has 0 aromatic rings. The van der Waals surface area contributed by atoms with E-state index in [1.807, 2.05) is 46.4 Å². The summed E-state index contributed by atoms with van der Waals surface area (Å²) < 4.78 is 31.1. The third-order valence-corrected chi connectivity index (χ3v) is 10.2. The maximum Gasteiger partial charge on any atom is 0.492 e. The lowest BCUT2D eigenvalue weighted by molar-refractivity contribution is -0.133. The van der Waals surface area contributed by atoms with Crippen molar-refractivity contribution in [3.63, 3.8) is 0 Å². The second-order valence-corrected chi connectivity index (χ2v) is 16.2. The molecule has 4 saturated heterocycles. The van der Waals surface area contributed by atoms with Gasteiger partial charge in [-0.05, 0) is 67.2 Å². The van der Waals surface area contributed by atoms with Gasteiger partial charge in [-0.15, -0.1) is 6.42 Å². The van der Waals surface area contributed by atoms with E-state index in [4.69, 9.17) is 21.4 Å². The van der Waals surface area contributed by atoms with E-state index in [0.29, 0.717) is 31.7 Å². The minimum absolute atomic E-state index is 0.0517. The van der Waals surface area contributed by atoms with Crippen LogP contribution >= 0.6 is 7.60 Å². The van der Waals surface area contributed by atoms with Crippen LogP contribution in [0, 0.1) is 17.9 Å². The Morgan fingerprint density at radius 2 is 1.29 bits per heavy atom. The number of hydrogen-bond acceptors (Lipinski definition) is 12. The van der Waals surface area contributed by atoms with Gasteiger partial charge in [-0.1, -0.05) is 5.92 Å². The molecule has 0 bridgehead atoms. The van der Waals surface area contributed by atoms with E-state index < -0.39 is 30.0 Å². The van der Waals surface area contributed by atoms with Crippen LogP contribution in [-0.4, -0.2) is 143 Å². The van der Waals surface area contributed by atoms with Crippen LogP contribution < -0.4 is 0 Å². The van der Waals surface area contributed by atoms with Crippen molar-refractivity contribution in [3.05, 3.63) is 0 Å². The number of aldehydes is 1. The lowest BCUT2D eigenvalue weighted by Crippen LogP contribution is -2.55. The van der Waals surface area contributed by atoms with Crippen LogP contribution in [0.2, 0.25) is 0 Å². The third kappa shape index (κ3) is 11.5. The summed E-state index contributed by atoms with van der Waals surface area (Å²) >= 11 is 0. The van der Waals surface area contributed by atoms with E-state index in [2.05, 4.69) is 29.6 Å². The highest BCUT2D eigenvalue weighted by molar-refractivity contribution is 7.74. The van der Waals surface area contributed by atoms with Crippen LogP contribution in [0.5, 0.6) is 0 Å². The van der Waals surface area contributed by atoms with Crippen LogP contribution in [-0.2, 0) is 32.7 Å². The molecule has 2 amide bonds. The summed E-state index contributed by atoms with van der Waals surface area (Å²) in [5.74, 6) is 2.24. The lowest BCUT2D eigenvalue weighted by Gasteiger charge is -2.39. The number of carbonyl (C=O) groups excluding carboxylic acids is 4. The molecular weight excluding hydrogens is 643 g/mol. The van der Waals surface area contributed by atoms with Crippen molar-refractivity contribution in [3.8, 4) is 12.3 Å². The number of amides is 2. The van der Waals surface area contributed by atoms with E-state index in [-0.39, 0.29) is 24.3 Å². The first-order chi connectivity index (χ1) is 22.3. The zero-order valence-electron chi connectivity index (χ0n) is 29.9. The van der Waals surface area contributed by atoms with Crippen molar-refractivity contribution >= 4 is 37.3 Å². The van der Waals surface area contributed by atoms with Gasteiger partial charge >= 0.3 is 25.2 Å². The standard InChI is InChI=1S/C14H22N2O2.C13H22N2O3.C5H10N2O4P/c1-5-11-6-7-12-10-15(8-9-16(11)12)13(17)18-14(2,3)4;1-13(2,3)18-12(17)14-6-7-15-10(8-14)4-5-11(15)9-16;1-4(8)5(7-6)12(9,10-2)11-3/h1,11-12H,6-10H2,2-4H3;9-11H,4-8H2,1-3H3;6H,1-3H3/q;;+1/t11-,12-;10-,11+;/m00./s1. The maximum absolute atomic E-state index is 12.0. The average Bonchev–Trinajstić information content (AvgIpc) is 3.63. The van der Waals surface area contributed by atoms with Gasteiger partial charge in [0, 0.05) is 72.5 Å². The molecule has 0 spiro atoms. The van der Waals surface area contributed by atoms with E-state index >= 15 is 0 Å². The van der Waals surface area contributed by atoms with Gasteiger partial charge in [0.2, 0.25) is 0 Å². The molecule has 4 aliphatic heterocycles. The molecule has 0 aromatic heterocycles. The largest absolute Gasteiger partial charge is 0.492 e. The van der Waals surface area contributed by atoms with Crippen molar-refractivity contribution in [2.75, 3.05) is 53.5 Å². The molecule has 0 aromatic carbocycles. The molecule has 4 rings (SSSR count). The summed E-state index contributed by atoms with van der Waals surface area (Å²) in [5, 5.41) is 0. The van der Waals surface area contributed by atoms with Crippen LogP contribution in [0.15, 0.2) is 0 Å². The second-order valence-electron chi connectivity index (χ2n) is 14.0. The first-order valence-corrected chi connectivity index (χ1v) is 17.7. The molecule has 4 atom stereocenters. The number of hydrogen-bond donors (Lipinski definition) is 1. The summed E-state index contributed by atoms with van der Waals surface area (Å²) in [6, 6.07) is 1.04. The summed E-state index contributed by atoms with van der Waals surface area (Å²) in [4.78, 5) is 56.6. The Balaban J connectivity index is 0.000000257. The van der Waals surface area contributed by atoms with Crippen molar-refractivity contribution in [2.24, 2.45) is 0 Å². The maximum atomic E-state index is 12.0. The molecule has 4 heterocycles. The lowest BCUT2D eigenvalue weighted by atomic mass is 10.1. The van der Waals surface area contributed by atoms with Gasteiger partial charge in [0.1, 0.15) is 17.5 Å². The minimum atomic E-state index is -3.63. The van der Waals surface area contributed by atoms with Crippen molar-refractivity contribution in [1.82, 2.24) is 19.6 Å². The molecule has 0 aliphatic carbocycles. The number of Topliss-reactive ketones (excluding diaryl/α,β-unsaturated/α-hetero) is 1. The fourth-order valence-electron chi connectivity index (χ4n) is 6.03. The molecule has 270 valence electrons. The monoisotopic (exact) mass is 697 g/mol. The molecule has 15 nitrogen and oxygen atoms in total. The number of rotatable bonds is 5. The van der Waals surface area contributed by atoms with E-state index in [1.54, 1.807) is 4.90 Å². The Kier molecular flexibility index (Phi) is 15.0. The van der Waals surface area contributed by atoms with Gasteiger partial charge in [-0.3, -0.25) is 14.6 Å². The van der Waals surface area contributed by atoms with E-state index in [0.717, 1.165) is 72.7 Å². The zero-order valence-corrected chi connectivity index (χ0v) is 30.8. The number of ketones is 1. The molecule has 48 heavy (non-hydrogen) atoms. The van der Waals surface area contributed by atoms with Gasteiger partial charge in [0.05, 0.1) is 22.4 Å². The molecule has 1 N–H and O–H groups in total. The third-order valence-electron chi connectivity index (χ3n) is 8.27. The van der Waals surface area contributed by atoms with Gasteiger partial charge in [-0.2, -0.15) is 0 Å². The SMILES string of the molecule is C#C[C@H]1CC[C@H]2CN(C(=O)OC(C)(C)C)CCN21.CC(C)(C)OC(=O)N1CCN2[C@@H](CC[C@@H]2C=O)C1.COP(=O)(OC)C(=[N+]=N)C(C)=O. The zero-order chi connectivity index (χ0) is 36.4. The summed E-state index contributed by atoms with van der Waals surface area (Å²) in [6.45, 7) is 16.9. The molecular formula is C32H54N6O9P+. The highest BCUT2D eigenvalue weighted by atomic mass is 31.2. The molecule has 0 saturated carbocycles. The number of fused-ring (bicyclic) bond motifs is 2. The van der Waals surface area contributed by atoms with Gasteiger partial charge in [0.25, 0.3) is 5.78 Å². The van der Waals surface area contributed by atoms with Crippen molar-refractivity contribution in [2.45, 2.75) is 110 Å². The van der Waals surface area contributed by atoms with Gasteiger partial charge in [0.15, 0.2) is 0 Å². The summed E-state index contributed by atoms with van der Waals surface area (Å²) in [5.41, 5.74) is 5.22. The highest BCUT2D eigenvalue weighted by Crippen LogP contribution is 2.47. The molecule has 16 heteroatoms. The predicted molar refractivity (Wildman–Crippen MR) is 178 cm³/mol. The van der Waals surface area contributed by atoms with Crippen molar-refractivity contribution < 1.29 is 47.1 Å². The Hall–Kier alpha value is -3.11. The van der Waals surface area contributed by atoms with Crippen LogP contribution in [0.3, 0.4) is 0 Å². The Morgan fingerprint density at radius 3 is 1.67 bits per heavy atom. The summed E-state index contributed by atoms with van der Waals surface area (Å²) in [7, 11) is -1.39. The average molecular weight is 698 g/mol. The number of nitrogens with one attached hydrogen (secondary N) is 1. The van der Waals surface area contributed by atoms with Crippen LogP contribution in [0.25, 0.3) is 0 Å². The van der Waals surface area contributed by atoms with E-state index in [9.17, 15) is 23.7 Å². The van der Waals surface area contributed by atoms with E-state index in [1.165, 1.54) is 0 Å². The molecule has 4 aliphatic rings.